The Labute approximate surface area is 151 Å². The molecule has 2 N–H and O–H groups in total. The van der Waals surface area contributed by atoms with Crippen LogP contribution in [0.3, 0.4) is 0 Å². The second-order valence-corrected chi connectivity index (χ2v) is 6.19. The van der Waals surface area contributed by atoms with Gasteiger partial charge in [-0.25, -0.2) is 13.6 Å². The highest BCUT2D eigenvalue weighted by Gasteiger charge is 2.17. The summed E-state index contributed by atoms with van der Waals surface area (Å²) in [4.78, 5) is 16.3. The third-order valence-electron chi connectivity index (χ3n) is 4.38. The number of rotatable bonds is 5. The minimum atomic E-state index is -0.337. The zero-order valence-electron chi connectivity index (χ0n) is 14.4. The van der Waals surface area contributed by atoms with Crippen molar-refractivity contribution in [1.82, 2.24) is 10.2 Å². The Balaban J connectivity index is 1.35. The second kappa shape index (κ2) is 8.62. The Bertz CT molecular complexity index is 713. The number of piperazine rings is 1. The lowest BCUT2D eigenvalue weighted by atomic mass is 10.2. The maximum absolute atomic E-state index is 13.0. The molecule has 0 saturated carbocycles. The van der Waals surface area contributed by atoms with Gasteiger partial charge in [-0.3, -0.25) is 4.90 Å². The molecule has 0 aromatic heterocycles. The predicted molar refractivity (Wildman–Crippen MR) is 98.5 cm³/mol. The molecular weight excluding hydrogens is 338 g/mol. The fourth-order valence-corrected chi connectivity index (χ4v) is 2.92. The molecule has 7 heteroatoms. The van der Waals surface area contributed by atoms with Crippen LogP contribution >= 0.6 is 0 Å². The number of carbonyl (C=O) groups is 1. The number of halogens is 2. The average Bonchev–Trinajstić information content (AvgIpc) is 2.65. The Morgan fingerprint density at radius 1 is 0.885 bits per heavy atom. The topological polar surface area (TPSA) is 47.6 Å². The lowest BCUT2D eigenvalue weighted by molar-refractivity contribution is 0.240. The fourth-order valence-electron chi connectivity index (χ4n) is 2.92. The maximum Gasteiger partial charge on any atom is 0.319 e. The standard InChI is InChI=1S/C19H22F2N4O/c20-15-1-5-17(6-2-15)23-19(26)22-9-10-24-11-13-25(14-12-24)18-7-3-16(21)4-8-18/h1-8H,9-14H2,(H2,22,23,26). The number of nitrogens with zero attached hydrogens (tertiary/aromatic N) is 2. The van der Waals surface area contributed by atoms with E-state index in [-0.39, 0.29) is 17.7 Å². The van der Waals surface area contributed by atoms with Gasteiger partial charge in [0.05, 0.1) is 0 Å². The van der Waals surface area contributed by atoms with Crippen LogP contribution in [-0.2, 0) is 0 Å². The molecule has 26 heavy (non-hydrogen) atoms. The summed E-state index contributed by atoms with van der Waals surface area (Å²) >= 11 is 0. The fraction of sp³-hybridized carbons (Fsp3) is 0.316. The molecular formula is C19H22F2N4O. The van der Waals surface area contributed by atoms with Crippen LogP contribution in [0.1, 0.15) is 0 Å². The number of hydrogen-bond acceptors (Lipinski definition) is 3. The Morgan fingerprint density at radius 2 is 1.46 bits per heavy atom. The first-order chi connectivity index (χ1) is 12.6. The highest BCUT2D eigenvalue weighted by molar-refractivity contribution is 5.89. The molecule has 2 aromatic rings. The number of benzene rings is 2. The summed E-state index contributed by atoms with van der Waals surface area (Å²) in [5.74, 6) is -0.562. The van der Waals surface area contributed by atoms with E-state index in [0.717, 1.165) is 38.4 Å². The highest BCUT2D eigenvalue weighted by Crippen LogP contribution is 2.16. The Kier molecular flexibility index (Phi) is 6.01. The molecule has 0 radical (unpaired) electrons. The van der Waals surface area contributed by atoms with Crippen molar-refractivity contribution in [2.45, 2.75) is 0 Å². The largest absolute Gasteiger partial charge is 0.369 e. The average molecular weight is 360 g/mol. The van der Waals surface area contributed by atoms with Crippen LogP contribution in [-0.4, -0.2) is 50.2 Å². The van der Waals surface area contributed by atoms with Crippen molar-refractivity contribution in [3.63, 3.8) is 0 Å². The van der Waals surface area contributed by atoms with Crippen LogP contribution in [0.5, 0.6) is 0 Å². The van der Waals surface area contributed by atoms with E-state index in [2.05, 4.69) is 20.4 Å². The van der Waals surface area contributed by atoms with Gasteiger partial charge in [0.1, 0.15) is 11.6 Å². The number of amides is 2. The first kappa shape index (κ1) is 18.1. The number of hydrogen-bond donors (Lipinski definition) is 2. The van der Waals surface area contributed by atoms with E-state index < -0.39 is 0 Å². The first-order valence-corrected chi connectivity index (χ1v) is 8.63. The minimum Gasteiger partial charge on any atom is -0.369 e. The molecule has 138 valence electrons. The molecule has 1 saturated heterocycles. The monoisotopic (exact) mass is 360 g/mol. The van der Waals surface area contributed by atoms with Gasteiger partial charge in [-0.05, 0) is 48.5 Å². The molecule has 0 atom stereocenters. The normalized spacial score (nSPS) is 14.9. The van der Waals surface area contributed by atoms with E-state index >= 15 is 0 Å². The van der Waals surface area contributed by atoms with Gasteiger partial charge in [-0.2, -0.15) is 0 Å². The van der Waals surface area contributed by atoms with E-state index in [9.17, 15) is 13.6 Å². The summed E-state index contributed by atoms with van der Waals surface area (Å²) in [5.41, 5.74) is 1.58. The molecule has 1 aliphatic heterocycles. The summed E-state index contributed by atoms with van der Waals surface area (Å²) in [7, 11) is 0. The number of urea groups is 1. The third kappa shape index (κ3) is 5.16. The Hall–Kier alpha value is -2.67. The molecule has 3 rings (SSSR count). The van der Waals surface area contributed by atoms with Crippen LogP contribution in [0.25, 0.3) is 0 Å². The predicted octanol–water partition coefficient (Wildman–Crippen LogP) is 2.91. The lowest BCUT2D eigenvalue weighted by Gasteiger charge is -2.36. The van der Waals surface area contributed by atoms with Crippen molar-refractivity contribution < 1.29 is 13.6 Å². The lowest BCUT2D eigenvalue weighted by Crippen LogP contribution is -2.48. The summed E-state index contributed by atoms with van der Waals surface area (Å²) in [6, 6.07) is 11.9. The van der Waals surface area contributed by atoms with Gasteiger partial charge < -0.3 is 15.5 Å². The van der Waals surface area contributed by atoms with Gasteiger partial charge in [-0.15, -0.1) is 0 Å². The molecule has 1 fully saturated rings. The van der Waals surface area contributed by atoms with E-state index in [1.165, 1.54) is 36.4 Å². The molecule has 0 aliphatic carbocycles. The van der Waals surface area contributed by atoms with Gasteiger partial charge in [0.15, 0.2) is 0 Å². The Morgan fingerprint density at radius 3 is 2.08 bits per heavy atom. The molecule has 0 unspecified atom stereocenters. The van der Waals surface area contributed by atoms with Gasteiger partial charge in [-0.1, -0.05) is 0 Å². The zero-order valence-corrected chi connectivity index (χ0v) is 14.4. The van der Waals surface area contributed by atoms with Crippen molar-refractivity contribution in [1.29, 1.82) is 0 Å². The molecule has 1 aliphatic rings. The van der Waals surface area contributed by atoms with Crippen LogP contribution in [0.4, 0.5) is 25.0 Å². The maximum atomic E-state index is 13.0. The summed E-state index contributed by atoms with van der Waals surface area (Å²) < 4.78 is 25.8. The van der Waals surface area contributed by atoms with Gasteiger partial charge in [0, 0.05) is 50.6 Å². The van der Waals surface area contributed by atoms with Crippen molar-refractivity contribution in [2.24, 2.45) is 0 Å². The molecule has 1 heterocycles. The van der Waals surface area contributed by atoms with Crippen molar-refractivity contribution in [3.05, 3.63) is 60.2 Å². The molecule has 0 spiro atoms. The van der Waals surface area contributed by atoms with E-state index in [0.29, 0.717) is 12.2 Å². The molecule has 0 bridgehead atoms. The van der Waals surface area contributed by atoms with Crippen LogP contribution in [0, 0.1) is 11.6 Å². The van der Waals surface area contributed by atoms with Crippen molar-refractivity contribution >= 4 is 17.4 Å². The summed E-state index contributed by atoms with van der Waals surface area (Å²) in [6.07, 6.45) is 0. The van der Waals surface area contributed by atoms with Gasteiger partial charge >= 0.3 is 6.03 Å². The van der Waals surface area contributed by atoms with E-state index in [1.807, 2.05) is 0 Å². The number of carbonyl (C=O) groups excluding carboxylic acids is 1. The first-order valence-electron chi connectivity index (χ1n) is 8.63. The third-order valence-corrected chi connectivity index (χ3v) is 4.38. The number of anilines is 2. The van der Waals surface area contributed by atoms with Crippen molar-refractivity contribution in [2.75, 3.05) is 49.5 Å². The molecule has 2 aromatic carbocycles. The summed E-state index contributed by atoms with van der Waals surface area (Å²) in [5, 5.41) is 5.47. The van der Waals surface area contributed by atoms with Crippen LogP contribution in [0.2, 0.25) is 0 Å². The smallest absolute Gasteiger partial charge is 0.319 e. The minimum absolute atomic E-state index is 0.225. The van der Waals surface area contributed by atoms with Gasteiger partial charge in [0.2, 0.25) is 0 Å². The number of nitrogens with one attached hydrogen (secondary N) is 2. The van der Waals surface area contributed by atoms with Crippen LogP contribution in [0.15, 0.2) is 48.5 Å². The van der Waals surface area contributed by atoms with Crippen LogP contribution < -0.4 is 15.5 Å². The highest BCUT2D eigenvalue weighted by atomic mass is 19.1. The SMILES string of the molecule is O=C(NCCN1CCN(c2ccc(F)cc2)CC1)Nc1ccc(F)cc1. The summed E-state index contributed by atoms with van der Waals surface area (Å²) in [6.45, 7) is 4.80. The molecule has 2 amide bonds. The molecule has 5 nitrogen and oxygen atoms in total. The van der Waals surface area contributed by atoms with E-state index in [4.69, 9.17) is 0 Å². The quantitative estimate of drug-likeness (QED) is 0.862. The second-order valence-electron chi connectivity index (χ2n) is 6.19. The van der Waals surface area contributed by atoms with Gasteiger partial charge in [0.25, 0.3) is 0 Å². The van der Waals surface area contributed by atoms with Crippen molar-refractivity contribution in [3.8, 4) is 0 Å². The zero-order chi connectivity index (χ0) is 18.4. The van der Waals surface area contributed by atoms with E-state index in [1.54, 1.807) is 12.1 Å².